The maximum absolute atomic E-state index is 12.5. The van der Waals surface area contributed by atoms with Crippen LogP contribution >= 0.6 is 38.5 Å². The highest BCUT2D eigenvalue weighted by Crippen LogP contribution is 2.25. The number of carbonyl (C=O) groups is 2. The van der Waals surface area contributed by atoms with Gasteiger partial charge in [0, 0.05) is 10.2 Å². The number of carbonyl (C=O) groups excluding carboxylic acids is 1. The Bertz CT molecular complexity index is 1230. The van der Waals surface area contributed by atoms with E-state index in [1.165, 1.54) is 24.3 Å². The number of nitriles is 1. The standard InChI is InChI=1S/C24H16BrIN2O4/c25-19-7-4-15(5-8-19)14-32-22-9-6-16(11-21(22)26)10-18(13-27)23(29)28-20-3-1-2-17(12-20)24(30)31/h1-12H,14H2,(H,28,29)(H,30,31)/b18-10-. The highest BCUT2D eigenvalue weighted by molar-refractivity contribution is 14.1. The molecule has 0 saturated carbocycles. The van der Waals surface area contributed by atoms with Gasteiger partial charge < -0.3 is 15.2 Å². The van der Waals surface area contributed by atoms with Gasteiger partial charge in [-0.05, 0) is 82.3 Å². The Balaban J connectivity index is 1.71. The van der Waals surface area contributed by atoms with Crippen LogP contribution in [0.5, 0.6) is 5.75 Å². The normalized spacial score (nSPS) is 10.8. The van der Waals surface area contributed by atoms with E-state index >= 15 is 0 Å². The number of carboxylic acids is 1. The summed E-state index contributed by atoms with van der Waals surface area (Å²) in [7, 11) is 0. The second-order valence-corrected chi connectivity index (χ2v) is 8.69. The maximum atomic E-state index is 12.5. The summed E-state index contributed by atoms with van der Waals surface area (Å²) in [5, 5.41) is 21.0. The SMILES string of the molecule is N#C/C(=C/c1ccc(OCc2ccc(Br)cc2)c(I)c1)C(=O)Nc1cccc(C(=O)O)c1. The molecule has 6 nitrogen and oxygen atoms in total. The van der Waals surface area contributed by atoms with E-state index in [4.69, 9.17) is 9.84 Å². The molecule has 3 aromatic rings. The van der Waals surface area contributed by atoms with Crippen LogP contribution in [0.1, 0.15) is 21.5 Å². The van der Waals surface area contributed by atoms with Crippen molar-refractivity contribution in [2.24, 2.45) is 0 Å². The van der Waals surface area contributed by atoms with Gasteiger partial charge in [0.1, 0.15) is 24.0 Å². The van der Waals surface area contributed by atoms with Gasteiger partial charge in [0.25, 0.3) is 5.91 Å². The highest BCUT2D eigenvalue weighted by Gasteiger charge is 2.12. The molecule has 0 aromatic heterocycles. The lowest BCUT2D eigenvalue weighted by molar-refractivity contribution is -0.112. The number of benzene rings is 3. The number of hydrogen-bond donors (Lipinski definition) is 2. The number of rotatable bonds is 7. The van der Waals surface area contributed by atoms with Crippen molar-refractivity contribution >= 4 is 62.2 Å². The fourth-order valence-electron chi connectivity index (χ4n) is 2.71. The van der Waals surface area contributed by atoms with Gasteiger partial charge in [-0.1, -0.05) is 40.2 Å². The minimum absolute atomic E-state index is 0.0403. The van der Waals surface area contributed by atoms with E-state index in [9.17, 15) is 14.9 Å². The second-order valence-electron chi connectivity index (χ2n) is 6.61. The van der Waals surface area contributed by atoms with Crippen molar-refractivity contribution in [3.05, 3.63) is 97.0 Å². The van der Waals surface area contributed by atoms with Gasteiger partial charge in [-0.25, -0.2) is 4.79 Å². The van der Waals surface area contributed by atoms with Crippen molar-refractivity contribution in [2.75, 3.05) is 5.32 Å². The number of anilines is 1. The van der Waals surface area contributed by atoms with Gasteiger partial charge in [0.05, 0.1) is 9.13 Å². The van der Waals surface area contributed by atoms with E-state index in [2.05, 4.69) is 43.8 Å². The number of ether oxygens (including phenoxy) is 1. The Morgan fingerprint density at radius 2 is 1.88 bits per heavy atom. The van der Waals surface area contributed by atoms with Crippen LogP contribution in [0.25, 0.3) is 6.08 Å². The fraction of sp³-hybridized carbons (Fsp3) is 0.0417. The first-order valence-corrected chi connectivity index (χ1v) is 11.2. The molecule has 3 rings (SSSR count). The van der Waals surface area contributed by atoms with Crippen LogP contribution in [0.2, 0.25) is 0 Å². The Hall–Kier alpha value is -3.16. The molecule has 0 saturated heterocycles. The molecule has 0 spiro atoms. The molecule has 0 fully saturated rings. The van der Waals surface area contributed by atoms with E-state index in [0.717, 1.165) is 13.6 Å². The summed E-state index contributed by atoms with van der Waals surface area (Å²) in [6.07, 6.45) is 1.47. The van der Waals surface area contributed by atoms with Crippen LogP contribution in [0, 0.1) is 14.9 Å². The number of halogens is 2. The first kappa shape index (κ1) is 23.5. The van der Waals surface area contributed by atoms with Gasteiger partial charge in [-0.2, -0.15) is 5.26 Å². The topological polar surface area (TPSA) is 99.4 Å². The highest BCUT2D eigenvalue weighted by atomic mass is 127. The Morgan fingerprint density at radius 3 is 2.53 bits per heavy atom. The number of nitrogens with zero attached hydrogens (tertiary/aromatic N) is 1. The molecule has 0 heterocycles. The van der Waals surface area contributed by atoms with Crippen molar-refractivity contribution in [3.8, 4) is 11.8 Å². The molecule has 160 valence electrons. The maximum Gasteiger partial charge on any atom is 0.335 e. The molecule has 1 amide bonds. The monoisotopic (exact) mass is 602 g/mol. The van der Waals surface area contributed by atoms with E-state index < -0.39 is 11.9 Å². The molecule has 32 heavy (non-hydrogen) atoms. The minimum atomic E-state index is -1.10. The lowest BCUT2D eigenvalue weighted by Crippen LogP contribution is -2.14. The van der Waals surface area contributed by atoms with Crippen LogP contribution in [-0.2, 0) is 11.4 Å². The first-order valence-electron chi connectivity index (χ1n) is 9.29. The smallest absolute Gasteiger partial charge is 0.335 e. The molecule has 3 aromatic carbocycles. The van der Waals surface area contributed by atoms with Crippen molar-refractivity contribution in [3.63, 3.8) is 0 Å². The summed E-state index contributed by atoms with van der Waals surface area (Å²) in [5.41, 5.74) is 1.92. The number of nitrogens with one attached hydrogen (secondary N) is 1. The molecular formula is C24H16BrIN2O4. The van der Waals surface area contributed by atoms with Gasteiger partial charge >= 0.3 is 5.97 Å². The van der Waals surface area contributed by atoms with Crippen molar-refractivity contribution in [1.82, 2.24) is 0 Å². The van der Waals surface area contributed by atoms with Crippen molar-refractivity contribution in [1.29, 1.82) is 5.26 Å². The van der Waals surface area contributed by atoms with Gasteiger partial charge in [0.15, 0.2) is 0 Å². The summed E-state index contributed by atoms with van der Waals surface area (Å²) in [6, 6.07) is 20.9. The van der Waals surface area contributed by atoms with Crippen molar-refractivity contribution < 1.29 is 19.4 Å². The summed E-state index contributed by atoms with van der Waals surface area (Å²) in [4.78, 5) is 23.6. The summed E-state index contributed by atoms with van der Waals surface area (Å²) in [6.45, 7) is 0.416. The first-order chi connectivity index (χ1) is 15.4. The zero-order valence-corrected chi connectivity index (χ0v) is 20.3. The molecule has 0 bridgehead atoms. The predicted octanol–water partition coefficient (Wildman–Crippen LogP) is 5.88. The van der Waals surface area contributed by atoms with Crippen LogP contribution in [0.15, 0.2) is 76.8 Å². The quantitative estimate of drug-likeness (QED) is 0.200. The molecule has 0 aliphatic heterocycles. The second kappa shape index (κ2) is 10.9. The van der Waals surface area contributed by atoms with Crippen LogP contribution in [-0.4, -0.2) is 17.0 Å². The molecule has 2 N–H and O–H groups in total. The summed E-state index contributed by atoms with van der Waals surface area (Å²) in [5.74, 6) is -1.03. The largest absolute Gasteiger partial charge is 0.488 e. The summed E-state index contributed by atoms with van der Waals surface area (Å²) >= 11 is 5.54. The van der Waals surface area contributed by atoms with E-state index in [1.54, 1.807) is 18.2 Å². The average Bonchev–Trinajstić information content (AvgIpc) is 2.78. The zero-order valence-electron chi connectivity index (χ0n) is 16.5. The Labute approximate surface area is 206 Å². The van der Waals surface area contributed by atoms with Gasteiger partial charge in [0.2, 0.25) is 0 Å². The number of amides is 1. The molecule has 0 radical (unpaired) electrons. The molecule has 0 atom stereocenters. The summed E-state index contributed by atoms with van der Waals surface area (Å²) < 4.78 is 7.70. The molecule has 0 aliphatic rings. The number of carboxylic acid groups (broad SMARTS) is 1. The van der Waals surface area contributed by atoms with Crippen LogP contribution in [0.4, 0.5) is 5.69 Å². The number of hydrogen-bond acceptors (Lipinski definition) is 4. The third-order valence-corrected chi connectivity index (χ3v) is 5.68. The molecule has 0 unspecified atom stereocenters. The lowest BCUT2D eigenvalue weighted by atomic mass is 10.1. The van der Waals surface area contributed by atoms with E-state index in [1.807, 2.05) is 36.4 Å². The van der Waals surface area contributed by atoms with Gasteiger partial charge in [-0.3, -0.25) is 4.79 Å². The Morgan fingerprint density at radius 1 is 1.12 bits per heavy atom. The van der Waals surface area contributed by atoms with E-state index in [0.29, 0.717) is 23.6 Å². The molecule has 0 aliphatic carbocycles. The molecule has 8 heteroatoms. The van der Waals surface area contributed by atoms with E-state index in [-0.39, 0.29) is 11.1 Å². The van der Waals surface area contributed by atoms with Crippen LogP contribution < -0.4 is 10.1 Å². The van der Waals surface area contributed by atoms with Gasteiger partial charge in [-0.15, -0.1) is 0 Å². The Kier molecular flexibility index (Phi) is 8.03. The minimum Gasteiger partial charge on any atom is -0.488 e. The third-order valence-electron chi connectivity index (χ3n) is 4.31. The van der Waals surface area contributed by atoms with Crippen LogP contribution in [0.3, 0.4) is 0 Å². The lowest BCUT2D eigenvalue weighted by Gasteiger charge is -2.09. The predicted molar refractivity (Wildman–Crippen MR) is 133 cm³/mol. The molecular weight excluding hydrogens is 587 g/mol. The number of aromatic carboxylic acids is 1. The third kappa shape index (κ3) is 6.42. The fourth-order valence-corrected chi connectivity index (χ4v) is 3.67. The van der Waals surface area contributed by atoms with Crippen molar-refractivity contribution in [2.45, 2.75) is 6.61 Å². The zero-order chi connectivity index (χ0) is 23.1. The average molecular weight is 603 g/mol.